The van der Waals surface area contributed by atoms with Gasteiger partial charge in [-0.2, -0.15) is 0 Å². The van der Waals surface area contributed by atoms with E-state index in [0.717, 1.165) is 21.0 Å². The van der Waals surface area contributed by atoms with E-state index in [2.05, 4.69) is 31.4 Å². The molecule has 2 aromatic heterocycles. The maximum atomic E-state index is 12.6. The maximum absolute atomic E-state index is 12.6. The van der Waals surface area contributed by atoms with Crippen LogP contribution in [0.25, 0.3) is 11.0 Å². The van der Waals surface area contributed by atoms with Gasteiger partial charge in [0.05, 0.1) is 6.42 Å². The second kappa shape index (κ2) is 7.00. The number of hydrogen-bond donors (Lipinski definition) is 1. The van der Waals surface area contributed by atoms with E-state index in [-0.39, 0.29) is 5.91 Å². The van der Waals surface area contributed by atoms with Crippen LogP contribution in [0.2, 0.25) is 0 Å². The lowest BCUT2D eigenvalue weighted by Crippen LogP contribution is -2.12. The topological polar surface area (TPSA) is 81.2 Å². The number of anilines is 1. The highest BCUT2D eigenvalue weighted by Gasteiger charge is 2.18. The van der Waals surface area contributed by atoms with Crippen LogP contribution in [0.5, 0.6) is 0 Å². The predicted octanol–water partition coefficient (Wildman–Crippen LogP) is 5.04. The first-order chi connectivity index (χ1) is 13.0. The fourth-order valence-corrected chi connectivity index (χ4v) is 3.23. The van der Waals surface area contributed by atoms with Crippen molar-refractivity contribution in [1.29, 1.82) is 0 Å². The molecule has 27 heavy (non-hydrogen) atoms. The zero-order valence-electron chi connectivity index (χ0n) is 14.7. The average Bonchev–Trinajstić information content (AvgIpc) is 3.19. The van der Waals surface area contributed by atoms with Gasteiger partial charge in [0.1, 0.15) is 5.58 Å². The molecule has 0 aliphatic carbocycles. The van der Waals surface area contributed by atoms with Crippen molar-refractivity contribution in [2.75, 3.05) is 5.32 Å². The molecule has 4 rings (SSSR count). The molecular weight excluding hydrogens is 410 g/mol. The SMILES string of the molecule is Cc1nnc(Cc2ccc(NC(=O)c3oc4cc(Br)ccc4c3C)cc2)o1. The Balaban J connectivity index is 1.50. The molecule has 4 aromatic rings. The van der Waals surface area contributed by atoms with Gasteiger partial charge in [0.2, 0.25) is 11.8 Å². The molecule has 0 fully saturated rings. The number of amides is 1. The van der Waals surface area contributed by atoms with E-state index in [9.17, 15) is 4.79 Å². The lowest BCUT2D eigenvalue weighted by atomic mass is 10.1. The Hall–Kier alpha value is -2.93. The molecule has 1 N–H and O–H groups in total. The molecule has 2 heterocycles. The Morgan fingerprint density at radius 1 is 1.07 bits per heavy atom. The largest absolute Gasteiger partial charge is 0.451 e. The second-order valence-electron chi connectivity index (χ2n) is 6.24. The van der Waals surface area contributed by atoms with Crippen LogP contribution in [0.4, 0.5) is 5.69 Å². The molecule has 0 aliphatic heterocycles. The van der Waals surface area contributed by atoms with Crippen molar-refractivity contribution in [3.05, 3.63) is 75.6 Å². The molecule has 0 aliphatic rings. The number of halogens is 1. The van der Waals surface area contributed by atoms with E-state index in [1.54, 1.807) is 6.92 Å². The third-order valence-corrected chi connectivity index (χ3v) is 4.73. The summed E-state index contributed by atoms with van der Waals surface area (Å²) in [5, 5.41) is 11.6. The van der Waals surface area contributed by atoms with Crippen LogP contribution in [0, 0.1) is 13.8 Å². The van der Waals surface area contributed by atoms with Gasteiger partial charge in [-0.05, 0) is 42.8 Å². The van der Waals surface area contributed by atoms with Crippen LogP contribution < -0.4 is 5.32 Å². The summed E-state index contributed by atoms with van der Waals surface area (Å²) in [6.45, 7) is 3.64. The number of aromatic nitrogens is 2. The highest BCUT2D eigenvalue weighted by molar-refractivity contribution is 9.10. The van der Waals surface area contributed by atoms with Crippen molar-refractivity contribution in [3.63, 3.8) is 0 Å². The number of fused-ring (bicyclic) bond motifs is 1. The molecule has 1 amide bonds. The molecule has 0 atom stereocenters. The van der Waals surface area contributed by atoms with Gasteiger partial charge in [-0.25, -0.2) is 0 Å². The fraction of sp³-hybridized carbons (Fsp3) is 0.150. The Bertz CT molecular complexity index is 1130. The number of carbonyl (C=O) groups excluding carboxylic acids is 1. The van der Waals surface area contributed by atoms with Gasteiger partial charge in [-0.1, -0.05) is 28.1 Å². The van der Waals surface area contributed by atoms with E-state index >= 15 is 0 Å². The van der Waals surface area contributed by atoms with Crippen LogP contribution >= 0.6 is 15.9 Å². The zero-order chi connectivity index (χ0) is 19.0. The number of hydrogen-bond acceptors (Lipinski definition) is 5. The smallest absolute Gasteiger partial charge is 0.291 e. The minimum absolute atomic E-state index is 0.278. The average molecular weight is 426 g/mol. The molecular formula is C20H16BrN3O3. The highest BCUT2D eigenvalue weighted by Crippen LogP contribution is 2.28. The van der Waals surface area contributed by atoms with Crippen molar-refractivity contribution in [2.45, 2.75) is 20.3 Å². The third kappa shape index (κ3) is 3.64. The van der Waals surface area contributed by atoms with E-state index in [1.807, 2.05) is 49.4 Å². The Labute approximate surface area is 163 Å². The summed E-state index contributed by atoms with van der Waals surface area (Å²) < 4.78 is 12.0. The fourth-order valence-electron chi connectivity index (χ4n) is 2.89. The number of aryl methyl sites for hydroxylation is 2. The van der Waals surface area contributed by atoms with Crippen molar-refractivity contribution in [3.8, 4) is 0 Å². The standard InChI is InChI=1S/C20H16BrN3O3/c1-11-16-8-5-14(21)10-17(16)27-19(11)20(25)22-15-6-3-13(4-7-15)9-18-24-23-12(2)26-18/h3-8,10H,9H2,1-2H3,(H,22,25). The molecule has 6 nitrogen and oxygen atoms in total. The number of furan rings is 1. The minimum atomic E-state index is -0.278. The molecule has 7 heteroatoms. The number of nitrogens with one attached hydrogen (secondary N) is 1. The van der Waals surface area contributed by atoms with Gasteiger partial charge >= 0.3 is 0 Å². The number of benzene rings is 2. The van der Waals surface area contributed by atoms with Gasteiger partial charge in [-0.3, -0.25) is 4.79 Å². The summed E-state index contributed by atoms with van der Waals surface area (Å²) in [7, 11) is 0. The molecule has 0 bridgehead atoms. The highest BCUT2D eigenvalue weighted by atomic mass is 79.9. The minimum Gasteiger partial charge on any atom is -0.451 e. The van der Waals surface area contributed by atoms with Gasteiger partial charge in [0.25, 0.3) is 5.91 Å². The molecule has 2 aromatic carbocycles. The second-order valence-corrected chi connectivity index (χ2v) is 7.15. The summed E-state index contributed by atoms with van der Waals surface area (Å²) in [4.78, 5) is 12.6. The van der Waals surface area contributed by atoms with Crippen LogP contribution in [0.3, 0.4) is 0 Å². The van der Waals surface area contributed by atoms with E-state index < -0.39 is 0 Å². The number of nitrogens with zero attached hydrogens (tertiary/aromatic N) is 2. The van der Waals surface area contributed by atoms with Crippen molar-refractivity contribution < 1.29 is 13.6 Å². The zero-order valence-corrected chi connectivity index (χ0v) is 16.3. The molecule has 136 valence electrons. The van der Waals surface area contributed by atoms with Crippen LogP contribution in [-0.4, -0.2) is 16.1 Å². The van der Waals surface area contributed by atoms with Crippen LogP contribution in [0.15, 0.2) is 55.8 Å². The quantitative estimate of drug-likeness (QED) is 0.495. The van der Waals surface area contributed by atoms with E-state index in [0.29, 0.717) is 35.2 Å². The van der Waals surface area contributed by atoms with Gasteiger partial charge in [-0.15, -0.1) is 10.2 Å². The number of rotatable bonds is 4. The Kier molecular flexibility index (Phi) is 4.53. The first kappa shape index (κ1) is 17.5. The lowest BCUT2D eigenvalue weighted by molar-refractivity contribution is 0.0998. The van der Waals surface area contributed by atoms with Gasteiger partial charge < -0.3 is 14.2 Å². The third-order valence-electron chi connectivity index (χ3n) is 4.24. The van der Waals surface area contributed by atoms with Gasteiger partial charge in [0.15, 0.2) is 5.76 Å². The summed E-state index contributed by atoms with van der Waals surface area (Å²) in [6.07, 6.45) is 0.548. The van der Waals surface area contributed by atoms with Crippen LogP contribution in [0.1, 0.15) is 33.5 Å². The summed E-state index contributed by atoms with van der Waals surface area (Å²) in [5.74, 6) is 1.14. The van der Waals surface area contributed by atoms with Crippen LogP contribution in [-0.2, 0) is 6.42 Å². The van der Waals surface area contributed by atoms with E-state index in [4.69, 9.17) is 8.83 Å². The number of carbonyl (C=O) groups is 1. The maximum Gasteiger partial charge on any atom is 0.291 e. The summed E-state index contributed by atoms with van der Waals surface area (Å²) in [5.41, 5.74) is 3.20. The normalized spacial score (nSPS) is 11.1. The molecule has 0 unspecified atom stereocenters. The monoisotopic (exact) mass is 425 g/mol. The first-order valence-electron chi connectivity index (χ1n) is 8.37. The van der Waals surface area contributed by atoms with Gasteiger partial charge in [0, 0.05) is 28.0 Å². The Morgan fingerprint density at radius 2 is 1.85 bits per heavy atom. The van der Waals surface area contributed by atoms with E-state index in [1.165, 1.54) is 0 Å². The summed E-state index contributed by atoms with van der Waals surface area (Å²) >= 11 is 3.41. The molecule has 0 saturated carbocycles. The Morgan fingerprint density at radius 3 is 2.56 bits per heavy atom. The van der Waals surface area contributed by atoms with Crippen molar-refractivity contribution in [2.24, 2.45) is 0 Å². The lowest BCUT2D eigenvalue weighted by Gasteiger charge is -2.05. The molecule has 0 spiro atoms. The van der Waals surface area contributed by atoms with Crippen molar-refractivity contribution in [1.82, 2.24) is 10.2 Å². The predicted molar refractivity (Wildman–Crippen MR) is 105 cm³/mol. The first-order valence-corrected chi connectivity index (χ1v) is 9.17. The summed E-state index contributed by atoms with van der Waals surface area (Å²) in [6, 6.07) is 13.2. The molecule has 0 radical (unpaired) electrons. The molecule has 0 saturated heterocycles. The van der Waals surface area contributed by atoms with Crippen molar-refractivity contribution >= 4 is 38.5 Å².